The van der Waals surface area contributed by atoms with Crippen molar-refractivity contribution in [1.29, 1.82) is 0 Å². The van der Waals surface area contributed by atoms with Crippen LogP contribution in [0.25, 0.3) is 16.7 Å². The van der Waals surface area contributed by atoms with Crippen molar-refractivity contribution < 1.29 is 23.0 Å². The third kappa shape index (κ3) is 6.06. The molecule has 0 aliphatic rings. The van der Waals surface area contributed by atoms with Gasteiger partial charge in [0.15, 0.2) is 23.0 Å². The fourth-order valence-electron chi connectivity index (χ4n) is 4.53. The molecule has 2 aromatic carbocycles. The molecular weight excluding hydrogens is 576 g/mol. The van der Waals surface area contributed by atoms with Crippen LogP contribution in [0.5, 0.6) is 11.5 Å². The Hall–Kier alpha value is -5.37. The second-order valence-corrected chi connectivity index (χ2v) is 10.3. The molecule has 3 N–H and O–H groups in total. The van der Waals surface area contributed by atoms with E-state index in [1.165, 1.54) is 35.0 Å². The number of carbonyl (C=O) groups is 1. The monoisotopic (exact) mass is 605 g/mol. The van der Waals surface area contributed by atoms with Gasteiger partial charge in [0.05, 0.1) is 12.3 Å². The highest BCUT2D eigenvalue weighted by Gasteiger charge is 2.21. The number of nitrogens with zero attached hydrogens (tertiary/aromatic N) is 4. The molecule has 0 aliphatic heterocycles. The van der Waals surface area contributed by atoms with Crippen LogP contribution in [0.1, 0.15) is 37.2 Å². The van der Waals surface area contributed by atoms with E-state index in [1.54, 1.807) is 27.0 Å². The smallest absolute Gasteiger partial charge is 0.335 e. The maximum atomic E-state index is 15.3. The SMILES string of the molecule is COC[C@@H](C)Nc1n[nH]c2nccc(Oc3ccc(NC(=O)c4cn(C(C)C)c(=O)n(-c5ccc(F)cc5)c4=O)cc3F)c12. The van der Waals surface area contributed by atoms with Crippen molar-refractivity contribution >= 4 is 28.4 Å². The Kier molecular flexibility index (Phi) is 8.53. The van der Waals surface area contributed by atoms with Gasteiger partial charge in [-0.05, 0) is 57.2 Å². The number of benzene rings is 2. The predicted octanol–water partition coefficient (Wildman–Crippen LogP) is 4.62. The van der Waals surface area contributed by atoms with Crippen LogP contribution in [0, 0.1) is 11.6 Å². The maximum absolute atomic E-state index is 15.3. The number of H-pyrrole nitrogens is 1. The summed E-state index contributed by atoms with van der Waals surface area (Å²) in [7, 11) is 1.58. The molecule has 5 aromatic rings. The van der Waals surface area contributed by atoms with Gasteiger partial charge in [0.2, 0.25) is 0 Å². The summed E-state index contributed by atoms with van der Waals surface area (Å²) in [6.45, 7) is 5.74. The van der Waals surface area contributed by atoms with Crippen LogP contribution < -0.4 is 26.6 Å². The number of pyridine rings is 1. The number of aromatic amines is 1. The first-order valence-corrected chi connectivity index (χ1v) is 13.6. The van der Waals surface area contributed by atoms with E-state index in [0.717, 1.165) is 29.0 Å². The molecule has 1 amide bonds. The Balaban J connectivity index is 1.42. The van der Waals surface area contributed by atoms with E-state index in [2.05, 4.69) is 25.8 Å². The van der Waals surface area contributed by atoms with Gasteiger partial charge in [0.25, 0.3) is 11.5 Å². The summed E-state index contributed by atoms with van der Waals surface area (Å²) in [6.07, 6.45) is 2.64. The minimum Gasteiger partial charge on any atom is -0.453 e. The molecule has 228 valence electrons. The lowest BCUT2D eigenvalue weighted by molar-refractivity contribution is 0.102. The van der Waals surface area contributed by atoms with E-state index in [-0.39, 0.29) is 34.5 Å². The molecule has 3 heterocycles. The number of rotatable bonds is 10. The number of fused-ring (bicyclic) bond motifs is 1. The Bertz CT molecular complexity index is 1950. The van der Waals surface area contributed by atoms with Gasteiger partial charge >= 0.3 is 5.69 Å². The zero-order valence-corrected chi connectivity index (χ0v) is 24.2. The molecular formula is C30H29F2N7O5. The number of halogens is 2. The molecule has 0 saturated carbocycles. The molecule has 0 unspecified atom stereocenters. The Morgan fingerprint density at radius 1 is 1.05 bits per heavy atom. The quantitative estimate of drug-likeness (QED) is 0.209. The topological polar surface area (TPSA) is 145 Å². The van der Waals surface area contributed by atoms with E-state index >= 15 is 4.39 Å². The van der Waals surface area contributed by atoms with Crippen molar-refractivity contribution in [3.63, 3.8) is 0 Å². The molecule has 5 rings (SSSR count). The van der Waals surface area contributed by atoms with E-state index < -0.39 is 34.8 Å². The van der Waals surface area contributed by atoms with E-state index in [0.29, 0.717) is 23.5 Å². The molecule has 0 bridgehead atoms. The lowest BCUT2D eigenvalue weighted by atomic mass is 10.2. The Morgan fingerprint density at radius 3 is 2.48 bits per heavy atom. The lowest BCUT2D eigenvalue weighted by Gasteiger charge is -2.16. The highest BCUT2D eigenvalue weighted by atomic mass is 19.1. The van der Waals surface area contributed by atoms with Crippen LogP contribution in [0.3, 0.4) is 0 Å². The zero-order chi connectivity index (χ0) is 31.5. The van der Waals surface area contributed by atoms with Crippen molar-refractivity contribution in [2.45, 2.75) is 32.9 Å². The summed E-state index contributed by atoms with van der Waals surface area (Å²) >= 11 is 0. The predicted molar refractivity (Wildman–Crippen MR) is 160 cm³/mol. The minimum absolute atomic E-state index is 0.0359. The van der Waals surface area contributed by atoms with Gasteiger partial charge in [-0.25, -0.2) is 23.1 Å². The van der Waals surface area contributed by atoms with Crippen molar-refractivity contribution in [1.82, 2.24) is 24.3 Å². The normalized spacial score (nSPS) is 12.0. The third-order valence-corrected chi connectivity index (χ3v) is 6.63. The summed E-state index contributed by atoms with van der Waals surface area (Å²) in [5.41, 5.74) is -1.43. The average molecular weight is 606 g/mol. The number of aromatic nitrogens is 5. The third-order valence-electron chi connectivity index (χ3n) is 6.63. The molecule has 0 radical (unpaired) electrons. The van der Waals surface area contributed by atoms with Gasteiger partial charge in [-0.15, -0.1) is 0 Å². The van der Waals surface area contributed by atoms with Crippen LogP contribution in [-0.2, 0) is 4.74 Å². The highest BCUT2D eigenvalue weighted by Crippen LogP contribution is 2.34. The Labute approximate surface area is 249 Å². The number of nitrogens with one attached hydrogen (secondary N) is 3. The number of ether oxygens (including phenoxy) is 2. The molecule has 0 spiro atoms. The molecule has 0 fully saturated rings. The fourth-order valence-corrected chi connectivity index (χ4v) is 4.53. The molecule has 44 heavy (non-hydrogen) atoms. The first-order valence-electron chi connectivity index (χ1n) is 13.6. The number of amides is 1. The molecule has 1 atom stereocenters. The number of hydrogen-bond donors (Lipinski definition) is 3. The summed E-state index contributed by atoms with van der Waals surface area (Å²) in [4.78, 5) is 43.9. The van der Waals surface area contributed by atoms with Gasteiger partial charge in [0.1, 0.15) is 22.5 Å². The first kappa shape index (κ1) is 30.1. The van der Waals surface area contributed by atoms with Crippen LogP contribution in [0.4, 0.5) is 20.3 Å². The second kappa shape index (κ2) is 12.5. The van der Waals surface area contributed by atoms with Gasteiger partial charge < -0.3 is 20.1 Å². The summed E-state index contributed by atoms with van der Waals surface area (Å²) in [5, 5.41) is 13.2. The molecule has 12 nitrogen and oxygen atoms in total. The van der Waals surface area contributed by atoms with Crippen LogP contribution >= 0.6 is 0 Å². The molecule has 0 aliphatic carbocycles. The highest BCUT2D eigenvalue weighted by molar-refractivity contribution is 6.04. The second-order valence-electron chi connectivity index (χ2n) is 10.3. The summed E-state index contributed by atoms with van der Waals surface area (Å²) in [5.74, 6) is -1.63. The largest absolute Gasteiger partial charge is 0.453 e. The van der Waals surface area contributed by atoms with Gasteiger partial charge in [-0.2, -0.15) is 5.10 Å². The van der Waals surface area contributed by atoms with Gasteiger partial charge in [-0.1, -0.05) is 0 Å². The number of anilines is 2. The van der Waals surface area contributed by atoms with Crippen LogP contribution in [0.2, 0.25) is 0 Å². The standard InChI is InChI=1S/C30H29F2N7O5/c1-16(2)38-14-21(29(41)39(30(38)42)20-8-5-18(31)6-9-20)28(40)35-19-7-10-23(22(32)13-19)44-24-11-12-33-26-25(24)27(37-36-26)34-17(3)15-43-4/h5-14,16-17H,15H2,1-4H3,(H,35,40)(H2,33,34,36,37)/t17-/m1/s1. The number of methoxy groups -OCH3 is 1. The average Bonchev–Trinajstić information content (AvgIpc) is 3.38. The number of carbonyl (C=O) groups excluding carboxylic acids is 1. The van der Waals surface area contributed by atoms with Crippen molar-refractivity contribution in [2.75, 3.05) is 24.4 Å². The van der Waals surface area contributed by atoms with Crippen molar-refractivity contribution in [3.8, 4) is 17.2 Å². The van der Waals surface area contributed by atoms with Crippen molar-refractivity contribution in [3.05, 3.63) is 99.0 Å². The molecule has 14 heteroatoms. The van der Waals surface area contributed by atoms with Crippen molar-refractivity contribution in [2.24, 2.45) is 0 Å². The van der Waals surface area contributed by atoms with Crippen LogP contribution in [0.15, 0.2) is 70.5 Å². The number of hydrogen-bond acceptors (Lipinski definition) is 8. The van der Waals surface area contributed by atoms with Crippen LogP contribution in [-0.4, -0.2) is 50.0 Å². The van der Waals surface area contributed by atoms with E-state index in [4.69, 9.17) is 9.47 Å². The van der Waals surface area contributed by atoms with Gasteiger partial charge in [0, 0.05) is 49.4 Å². The molecule has 3 aromatic heterocycles. The lowest BCUT2D eigenvalue weighted by Crippen LogP contribution is -2.42. The zero-order valence-electron chi connectivity index (χ0n) is 24.2. The fraction of sp³-hybridized carbons (Fsp3) is 0.233. The van der Waals surface area contributed by atoms with E-state index in [1.807, 2.05) is 6.92 Å². The molecule has 0 saturated heterocycles. The summed E-state index contributed by atoms with van der Waals surface area (Å²) in [6, 6.07) is 9.56. The summed E-state index contributed by atoms with van der Waals surface area (Å²) < 4.78 is 41.8. The first-order chi connectivity index (χ1) is 21.1. The Morgan fingerprint density at radius 2 is 1.80 bits per heavy atom. The van der Waals surface area contributed by atoms with Gasteiger partial charge in [-0.3, -0.25) is 19.3 Å². The van der Waals surface area contributed by atoms with E-state index in [9.17, 15) is 18.8 Å². The maximum Gasteiger partial charge on any atom is 0.335 e. The minimum atomic E-state index is -0.914.